The van der Waals surface area contributed by atoms with Crippen molar-refractivity contribution in [1.29, 1.82) is 5.26 Å². The first-order valence-electron chi connectivity index (χ1n) is 6.76. The van der Waals surface area contributed by atoms with Gasteiger partial charge in [0.2, 0.25) is 0 Å². The van der Waals surface area contributed by atoms with E-state index < -0.39 is 0 Å². The smallest absolute Gasteiger partial charge is 0.0991 e. The normalized spacial score (nSPS) is 28.1. The lowest BCUT2D eigenvalue weighted by molar-refractivity contribution is 0.120. The number of piperidine rings is 1. The summed E-state index contributed by atoms with van der Waals surface area (Å²) in [4.78, 5) is 2.60. The molecular formula is C15H21Cl2N3. The first-order chi connectivity index (χ1) is 8.76. The molecule has 2 atom stereocenters. The summed E-state index contributed by atoms with van der Waals surface area (Å²) in [5.41, 5.74) is 8.10. The summed E-state index contributed by atoms with van der Waals surface area (Å²) in [7, 11) is 0. The molecule has 3 nitrogen and oxygen atoms in total. The molecule has 2 N–H and O–H groups in total. The maximum absolute atomic E-state index is 8.94. The molecule has 0 spiro atoms. The van der Waals surface area contributed by atoms with E-state index in [0.717, 1.165) is 24.9 Å². The van der Waals surface area contributed by atoms with Crippen LogP contribution in [0, 0.1) is 11.3 Å². The summed E-state index contributed by atoms with van der Waals surface area (Å²) in [5, 5.41) is 8.94. The molecule has 5 heteroatoms. The van der Waals surface area contributed by atoms with E-state index in [1.165, 1.54) is 18.4 Å². The molecule has 0 amide bonds. The average Bonchev–Trinajstić information content (AvgIpc) is 2.62. The molecule has 110 valence electrons. The number of nitrogens with zero attached hydrogens (tertiary/aromatic N) is 2. The van der Waals surface area contributed by atoms with Crippen LogP contribution in [0.1, 0.15) is 36.8 Å². The predicted octanol–water partition coefficient (Wildman–Crippen LogP) is 2.86. The Hall–Kier alpha value is -0.790. The Morgan fingerprint density at radius 3 is 2.45 bits per heavy atom. The minimum Gasteiger partial charge on any atom is -0.328 e. The van der Waals surface area contributed by atoms with Gasteiger partial charge in [0.05, 0.1) is 11.6 Å². The molecule has 2 heterocycles. The van der Waals surface area contributed by atoms with Crippen molar-refractivity contribution in [2.75, 3.05) is 0 Å². The summed E-state index contributed by atoms with van der Waals surface area (Å²) < 4.78 is 0. The van der Waals surface area contributed by atoms with Gasteiger partial charge in [-0.2, -0.15) is 5.26 Å². The Labute approximate surface area is 133 Å². The van der Waals surface area contributed by atoms with Crippen molar-refractivity contribution in [3.8, 4) is 6.07 Å². The lowest BCUT2D eigenvalue weighted by atomic mass is 9.97. The van der Waals surface area contributed by atoms with E-state index in [0.29, 0.717) is 18.1 Å². The Morgan fingerprint density at radius 1 is 1.20 bits per heavy atom. The molecule has 2 aliphatic rings. The van der Waals surface area contributed by atoms with E-state index in [2.05, 4.69) is 17.0 Å². The highest BCUT2D eigenvalue weighted by molar-refractivity contribution is 5.85. The van der Waals surface area contributed by atoms with Gasteiger partial charge >= 0.3 is 0 Å². The summed E-state index contributed by atoms with van der Waals surface area (Å²) >= 11 is 0. The average molecular weight is 314 g/mol. The third-order valence-corrected chi connectivity index (χ3v) is 4.34. The quantitative estimate of drug-likeness (QED) is 0.913. The van der Waals surface area contributed by atoms with E-state index in [9.17, 15) is 0 Å². The molecule has 0 aromatic heterocycles. The number of hydrogen-bond acceptors (Lipinski definition) is 3. The van der Waals surface area contributed by atoms with Gasteiger partial charge in [-0.15, -0.1) is 24.8 Å². The van der Waals surface area contributed by atoms with Crippen molar-refractivity contribution >= 4 is 24.8 Å². The minimum absolute atomic E-state index is 0. The first-order valence-corrected chi connectivity index (χ1v) is 6.76. The van der Waals surface area contributed by atoms with E-state index in [1.807, 2.05) is 18.2 Å². The molecular weight excluding hydrogens is 293 g/mol. The number of halogens is 2. The molecule has 2 aliphatic heterocycles. The monoisotopic (exact) mass is 313 g/mol. The number of fused-ring (bicyclic) bond motifs is 2. The topological polar surface area (TPSA) is 53.0 Å². The standard InChI is InChI=1S/C15H19N3.2ClH/c16-9-11-2-1-3-12(6-11)10-18-14-4-5-15(18)8-13(17)7-14;;/h1-3,6,13-15H,4-5,7-8,10,17H2;2*1H. The van der Waals surface area contributed by atoms with Crippen LogP contribution >= 0.6 is 24.8 Å². The van der Waals surface area contributed by atoms with Gasteiger partial charge in [0, 0.05) is 24.7 Å². The molecule has 2 fully saturated rings. The second kappa shape index (κ2) is 7.28. The molecule has 2 saturated heterocycles. The maximum atomic E-state index is 8.94. The highest BCUT2D eigenvalue weighted by atomic mass is 35.5. The molecule has 0 aliphatic carbocycles. The lowest BCUT2D eigenvalue weighted by Crippen LogP contribution is -2.46. The van der Waals surface area contributed by atoms with Gasteiger partial charge in [0.1, 0.15) is 0 Å². The van der Waals surface area contributed by atoms with E-state index in [1.54, 1.807) is 0 Å². The SMILES string of the molecule is Cl.Cl.N#Cc1cccc(CN2C3CCC2CC(N)C3)c1. The third kappa shape index (κ3) is 3.45. The van der Waals surface area contributed by atoms with Crippen LogP contribution in [0.15, 0.2) is 24.3 Å². The zero-order valence-corrected chi connectivity index (χ0v) is 13.0. The Balaban J connectivity index is 0.000001000. The van der Waals surface area contributed by atoms with Crippen LogP contribution in [0.3, 0.4) is 0 Å². The van der Waals surface area contributed by atoms with Crippen molar-refractivity contribution in [2.45, 2.75) is 50.4 Å². The fourth-order valence-electron chi connectivity index (χ4n) is 3.52. The van der Waals surface area contributed by atoms with Gasteiger partial charge < -0.3 is 5.73 Å². The zero-order chi connectivity index (χ0) is 12.5. The van der Waals surface area contributed by atoms with Crippen LogP contribution < -0.4 is 5.73 Å². The molecule has 2 unspecified atom stereocenters. The molecule has 1 aromatic carbocycles. The highest BCUT2D eigenvalue weighted by Crippen LogP contribution is 2.36. The van der Waals surface area contributed by atoms with Crippen molar-refractivity contribution in [3.63, 3.8) is 0 Å². The largest absolute Gasteiger partial charge is 0.328 e. The lowest BCUT2D eigenvalue weighted by Gasteiger charge is -2.37. The Kier molecular flexibility index (Phi) is 6.29. The van der Waals surface area contributed by atoms with Crippen LogP contribution in [0.5, 0.6) is 0 Å². The van der Waals surface area contributed by atoms with Gasteiger partial charge in [0.25, 0.3) is 0 Å². The molecule has 0 saturated carbocycles. The van der Waals surface area contributed by atoms with Gasteiger partial charge in [-0.25, -0.2) is 0 Å². The summed E-state index contributed by atoms with van der Waals surface area (Å²) in [6.07, 6.45) is 4.84. The van der Waals surface area contributed by atoms with Crippen LogP contribution in [0.4, 0.5) is 0 Å². The van der Waals surface area contributed by atoms with E-state index >= 15 is 0 Å². The van der Waals surface area contributed by atoms with Gasteiger partial charge in [-0.1, -0.05) is 12.1 Å². The first kappa shape index (κ1) is 17.3. The summed E-state index contributed by atoms with van der Waals surface area (Å²) in [6.45, 7) is 0.970. The second-order valence-electron chi connectivity index (χ2n) is 5.60. The van der Waals surface area contributed by atoms with E-state index in [-0.39, 0.29) is 24.8 Å². The number of nitriles is 1. The third-order valence-electron chi connectivity index (χ3n) is 4.34. The molecule has 20 heavy (non-hydrogen) atoms. The summed E-state index contributed by atoms with van der Waals surface area (Å²) in [6, 6.07) is 11.9. The van der Waals surface area contributed by atoms with Crippen LogP contribution in [0.2, 0.25) is 0 Å². The van der Waals surface area contributed by atoms with Crippen LogP contribution in [-0.4, -0.2) is 23.0 Å². The van der Waals surface area contributed by atoms with Crippen molar-refractivity contribution in [3.05, 3.63) is 35.4 Å². The maximum Gasteiger partial charge on any atom is 0.0991 e. The predicted molar refractivity (Wildman–Crippen MR) is 85.2 cm³/mol. The van der Waals surface area contributed by atoms with E-state index in [4.69, 9.17) is 11.0 Å². The molecule has 1 aromatic rings. The number of nitrogens with two attached hydrogens (primary N) is 1. The Morgan fingerprint density at radius 2 is 1.85 bits per heavy atom. The van der Waals surface area contributed by atoms with Crippen LogP contribution in [0.25, 0.3) is 0 Å². The Bertz CT molecular complexity index is 472. The second-order valence-corrected chi connectivity index (χ2v) is 5.60. The highest BCUT2D eigenvalue weighted by Gasteiger charge is 2.39. The van der Waals surface area contributed by atoms with Crippen molar-refractivity contribution in [2.24, 2.45) is 5.73 Å². The van der Waals surface area contributed by atoms with Crippen LogP contribution in [-0.2, 0) is 6.54 Å². The number of benzene rings is 1. The minimum atomic E-state index is 0. The zero-order valence-electron chi connectivity index (χ0n) is 11.4. The number of hydrogen-bond donors (Lipinski definition) is 1. The van der Waals surface area contributed by atoms with Gasteiger partial charge in [-0.3, -0.25) is 4.90 Å². The fourth-order valence-corrected chi connectivity index (χ4v) is 3.52. The number of rotatable bonds is 2. The fraction of sp³-hybridized carbons (Fsp3) is 0.533. The molecule has 0 radical (unpaired) electrons. The van der Waals surface area contributed by atoms with Gasteiger partial charge in [0.15, 0.2) is 0 Å². The van der Waals surface area contributed by atoms with Gasteiger partial charge in [-0.05, 0) is 43.4 Å². The molecule has 2 bridgehead atoms. The van der Waals surface area contributed by atoms with Crippen molar-refractivity contribution in [1.82, 2.24) is 4.90 Å². The molecule has 3 rings (SSSR count). The summed E-state index contributed by atoms with van der Waals surface area (Å²) in [5.74, 6) is 0. The van der Waals surface area contributed by atoms with Crippen molar-refractivity contribution < 1.29 is 0 Å².